The molecule has 2 aromatic rings. The highest BCUT2D eigenvalue weighted by Gasteiger charge is 2.17. The van der Waals surface area contributed by atoms with Crippen molar-refractivity contribution in [2.75, 3.05) is 6.61 Å². The van der Waals surface area contributed by atoms with Gasteiger partial charge in [-0.05, 0) is 61.5 Å². The fourth-order valence-corrected chi connectivity index (χ4v) is 4.04. The van der Waals surface area contributed by atoms with Gasteiger partial charge in [0.15, 0.2) is 0 Å². The maximum atomic E-state index is 6.17. The van der Waals surface area contributed by atoms with Crippen LogP contribution in [0.2, 0.25) is 0 Å². The number of allylic oxidation sites excluding steroid dienone is 4. The fraction of sp³-hybridized carbons (Fsp3) is 0.400. The normalized spacial score (nSPS) is 17.4. The Morgan fingerprint density at radius 2 is 1.68 bits per heavy atom. The molecule has 164 valence electrons. The molecule has 0 bridgehead atoms. The van der Waals surface area contributed by atoms with Gasteiger partial charge in [0, 0.05) is 5.92 Å². The first-order valence-corrected chi connectivity index (χ1v) is 12.0. The fourth-order valence-electron chi connectivity index (χ4n) is 4.04. The Balaban J connectivity index is 1.73. The lowest BCUT2D eigenvalue weighted by molar-refractivity contribution is 0.163. The second-order valence-corrected chi connectivity index (χ2v) is 8.91. The van der Waals surface area contributed by atoms with Gasteiger partial charge in [0.25, 0.3) is 0 Å². The number of ether oxygens (including phenoxy) is 1. The summed E-state index contributed by atoms with van der Waals surface area (Å²) in [6.07, 6.45) is 15.1. The molecule has 2 atom stereocenters. The summed E-state index contributed by atoms with van der Waals surface area (Å²) in [5.74, 6) is 2.06. The van der Waals surface area contributed by atoms with Gasteiger partial charge < -0.3 is 4.74 Å². The Labute approximate surface area is 189 Å². The van der Waals surface area contributed by atoms with E-state index in [1.807, 2.05) is 0 Å². The van der Waals surface area contributed by atoms with Crippen LogP contribution in [0.3, 0.4) is 0 Å². The van der Waals surface area contributed by atoms with Gasteiger partial charge in [-0.2, -0.15) is 0 Å². The average molecular weight is 415 g/mol. The van der Waals surface area contributed by atoms with E-state index in [0.29, 0.717) is 11.8 Å². The van der Waals surface area contributed by atoms with Crippen molar-refractivity contribution in [2.45, 2.75) is 59.8 Å². The van der Waals surface area contributed by atoms with Crippen LogP contribution in [0.15, 0.2) is 72.5 Å². The largest absolute Gasteiger partial charge is 0.494 e. The smallest absolute Gasteiger partial charge is 0.115 e. The first-order valence-electron chi connectivity index (χ1n) is 12.0. The molecule has 0 aromatic heterocycles. The summed E-state index contributed by atoms with van der Waals surface area (Å²) in [6, 6.07) is 17.7. The molecule has 0 radical (unpaired) electrons. The molecule has 1 aliphatic carbocycles. The van der Waals surface area contributed by atoms with Crippen LogP contribution in [-0.2, 0) is 4.74 Å². The Hall–Kier alpha value is -2.54. The lowest BCUT2D eigenvalue weighted by atomic mass is 9.85. The van der Waals surface area contributed by atoms with Crippen molar-refractivity contribution in [3.63, 3.8) is 0 Å². The highest BCUT2D eigenvalue weighted by atomic mass is 16.5. The number of unbranched alkanes of at least 4 members (excludes halogenated alkanes) is 1. The number of rotatable bonds is 10. The second kappa shape index (κ2) is 11.7. The van der Waals surface area contributed by atoms with Gasteiger partial charge >= 0.3 is 0 Å². The zero-order chi connectivity index (χ0) is 22.1. The summed E-state index contributed by atoms with van der Waals surface area (Å²) in [4.78, 5) is 0. The molecule has 3 rings (SSSR count). The van der Waals surface area contributed by atoms with Gasteiger partial charge in [-0.25, -0.2) is 0 Å². The van der Waals surface area contributed by atoms with E-state index in [0.717, 1.165) is 18.8 Å². The van der Waals surface area contributed by atoms with E-state index in [1.54, 1.807) is 0 Å². The van der Waals surface area contributed by atoms with Crippen LogP contribution < -0.4 is 0 Å². The first kappa shape index (κ1) is 23.1. The van der Waals surface area contributed by atoms with Crippen molar-refractivity contribution in [1.82, 2.24) is 0 Å². The molecule has 1 heteroatoms. The van der Waals surface area contributed by atoms with Gasteiger partial charge in [0.2, 0.25) is 0 Å². The van der Waals surface area contributed by atoms with Crippen molar-refractivity contribution >= 4 is 11.6 Å². The van der Waals surface area contributed by atoms with Crippen molar-refractivity contribution in [3.05, 3.63) is 94.8 Å². The zero-order valence-electron chi connectivity index (χ0n) is 19.7. The summed E-state index contributed by atoms with van der Waals surface area (Å²) in [7, 11) is 0. The third-order valence-electron chi connectivity index (χ3n) is 6.28. The van der Waals surface area contributed by atoms with Gasteiger partial charge in [0.05, 0.1) is 6.61 Å². The summed E-state index contributed by atoms with van der Waals surface area (Å²) in [6.45, 7) is 9.64. The van der Waals surface area contributed by atoms with E-state index in [-0.39, 0.29) is 0 Å². The molecule has 0 N–H and O–H groups in total. The third kappa shape index (κ3) is 6.99. The van der Waals surface area contributed by atoms with Crippen LogP contribution >= 0.6 is 0 Å². The van der Waals surface area contributed by atoms with E-state index in [4.69, 9.17) is 4.74 Å². The molecule has 0 fully saturated rings. The van der Waals surface area contributed by atoms with Crippen LogP contribution in [0.1, 0.15) is 68.2 Å². The highest BCUT2D eigenvalue weighted by molar-refractivity contribution is 5.84. The molecule has 2 unspecified atom stereocenters. The van der Waals surface area contributed by atoms with E-state index in [2.05, 4.69) is 101 Å². The van der Waals surface area contributed by atoms with E-state index >= 15 is 0 Å². The van der Waals surface area contributed by atoms with Gasteiger partial charge in [0.1, 0.15) is 5.76 Å². The molecule has 0 amide bonds. The second-order valence-electron chi connectivity index (χ2n) is 8.91. The monoisotopic (exact) mass is 414 g/mol. The average Bonchev–Trinajstić information content (AvgIpc) is 2.80. The minimum absolute atomic E-state index is 0.360. The summed E-state index contributed by atoms with van der Waals surface area (Å²) >= 11 is 0. The molecule has 0 saturated carbocycles. The Morgan fingerprint density at radius 1 is 1.00 bits per heavy atom. The number of aryl methyl sites for hydroxylation is 2. The minimum Gasteiger partial charge on any atom is -0.494 e. The maximum Gasteiger partial charge on any atom is 0.115 e. The molecular weight excluding hydrogens is 376 g/mol. The molecule has 2 aromatic carbocycles. The SMILES string of the molecule is CCCCC(CC)COC1=CCC(/C(=C\c2ccc(C)cc2)c2ccc(C)cc2)C=C1. The molecule has 1 aliphatic rings. The standard InChI is InChI=1S/C30H38O/c1-5-7-8-25(6-2)22-31-29-19-17-28(18-20-29)30(27-15-11-24(4)12-16-27)21-26-13-9-23(3)10-14-26/h9-17,19-21,25,28H,5-8,18,22H2,1-4H3/b30-21-. The lowest BCUT2D eigenvalue weighted by Crippen LogP contribution is -2.10. The quantitative estimate of drug-likeness (QED) is 0.354. The van der Waals surface area contributed by atoms with Crippen molar-refractivity contribution in [2.24, 2.45) is 11.8 Å². The van der Waals surface area contributed by atoms with E-state index < -0.39 is 0 Å². The Bertz CT molecular complexity index is 896. The molecule has 0 saturated heterocycles. The summed E-state index contributed by atoms with van der Waals surface area (Å²) < 4.78 is 6.17. The van der Waals surface area contributed by atoms with Gasteiger partial charge in [-0.1, -0.05) is 105 Å². The van der Waals surface area contributed by atoms with Crippen molar-refractivity contribution in [1.29, 1.82) is 0 Å². The number of benzene rings is 2. The van der Waals surface area contributed by atoms with E-state index in [1.165, 1.54) is 53.5 Å². The van der Waals surface area contributed by atoms with Gasteiger partial charge in [-0.15, -0.1) is 0 Å². The van der Waals surface area contributed by atoms with Crippen LogP contribution in [0.4, 0.5) is 0 Å². The molecule has 0 spiro atoms. The molecule has 0 aliphatic heterocycles. The Morgan fingerprint density at radius 3 is 2.26 bits per heavy atom. The topological polar surface area (TPSA) is 9.23 Å². The predicted molar refractivity (Wildman–Crippen MR) is 135 cm³/mol. The van der Waals surface area contributed by atoms with Crippen LogP contribution in [0, 0.1) is 25.7 Å². The van der Waals surface area contributed by atoms with Crippen molar-refractivity contribution < 1.29 is 4.74 Å². The van der Waals surface area contributed by atoms with Crippen LogP contribution in [-0.4, -0.2) is 6.61 Å². The van der Waals surface area contributed by atoms with Gasteiger partial charge in [-0.3, -0.25) is 0 Å². The zero-order valence-corrected chi connectivity index (χ0v) is 19.7. The number of hydrogen-bond acceptors (Lipinski definition) is 1. The summed E-state index contributed by atoms with van der Waals surface area (Å²) in [5.41, 5.74) is 6.50. The Kier molecular flexibility index (Phi) is 8.76. The highest BCUT2D eigenvalue weighted by Crippen LogP contribution is 2.33. The molecule has 1 nitrogen and oxygen atoms in total. The first-order chi connectivity index (χ1) is 15.1. The van der Waals surface area contributed by atoms with Crippen LogP contribution in [0.5, 0.6) is 0 Å². The van der Waals surface area contributed by atoms with Crippen molar-refractivity contribution in [3.8, 4) is 0 Å². The third-order valence-corrected chi connectivity index (χ3v) is 6.28. The van der Waals surface area contributed by atoms with Crippen LogP contribution in [0.25, 0.3) is 11.6 Å². The molecular formula is C30H38O. The molecule has 0 heterocycles. The number of hydrogen-bond donors (Lipinski definition) is 0. The van der Waals surface area contributed by atoms with E-state index in [9.17, 15) is 0 Å². The lowest BCUT2D eigenvalue weighted by Gasteiger charge is -2.22. The predicted octanol–water partition coefficient (Wildman–Crippen LogP) is 8.54. The molecule has 31 heavy (non-hydrogen) atoms. The maximum absolute atomic E-state index is 6.17. The summed E-state index contributed by atoms with van der Waals surface area (Å²) in [5, 5.41) is 0. The minimum atomic E-state index is 0.360.